The van der Waals surface area contributed by atoms with Crippen LogP contribution in [-0.4, -0.2) is 41.1 Å². The summed E-state index contributed by atoms with van der Waals surface area (Å²) in [7, 11) is -4.27. The maximum absolute atomic E-state index is 12.4. The van der Waals surface area contributed by atoms with Gasteiger partial charge in [-0.05, 0) is 42.7 Å². The first-order valence-electron chi connectivity index (χ1n) is 7.82. The van der Waals surface area contributed by atoms with Gasteiger partial charge >= 0.3 is 0 Å². The molecule has 0 bridgehead atoms. The first-order valence-corrected chi connectivity index (χ1v) is 12.1. The molecule has 26 heavy (non-hydrogen) atoms. The predicted molar refractivity (Wildman–Crippen MR) is 105 cm³/mol. The number of benzene rings is 1. The van der Waals surface area contributed by atoms with Gasteiger partial charge < -0.3 is 0 Å². The molecule has 2 rings (SSSR count). The summed E-state index contributed by atoms with van der Waals surface area (Å²) < 4.78 is 52.7. The molecule has 10 heteroatoms. The van der Waals surface area contributed by atoms with Crippen LogP contribution < -0.4 is 4.72 Å². The highest BCUT2D eigenvalue weighted by Gasteiger charge is 2.20. The molecule has 6 nitrogen and oxygen atoms in total. The van der Waals surface area contributed by atoms with Crippen molar-refractivity contribution in [1.82, 2.24) is 9.03 Å². The van der Waals surface area contributed by atoms with Gasteiger partial charge in [0.05, 0.1) is 4.90 Å². The van der Waals surface area contributed by atoms with Crippen molar-refractivity contribution >= 4 is 43.0 Å². The van der Waals surface area contributed by atoms with Crippen molar-refractivity contribution < 1.29 is 16.8 Å². The van der Waals surface area contributed by atoms with Crippen molar-refractivity contribution in [2.75, 3.05) is 20.0 Å². The third kappa shape index (κ3) is 5.28. The number of alkyl halides is 1. The number of thiophene rings is 1. The number of nitrogens with zero attached hydrogens (tertiary/aromatic N) is 1. The van der Waals surface area contributed by atoms with Crippen LogP contribution in [0.25, 0.3) is 0 Å². The Kier molecular flexibility index (Phi) is 7.23. The lowest BCUT2D eigenvalue weighted by atomic mass is 10.1. The number of hydrogen-bond acceptors (Lipinski definition) is 5. The van der Waals surface area contributed by atoms with Gasteiger partial charge in [-0.15, -0.1) is 22.9 Å². The quantitative estimate of drug-likeness (QED) is 0.612. The molecule has 0 aliphatic heterocycles. The summed E-state index contributed by atoms with van der Waals surface area (Å²) in [4.78, 5) is 0.789. The van der Waals surface area contributed by atoms with Crippen LogP contribution in [0.5, 0.6) is 0 Å². The molecule has 0 saturated carbocycles. The average molecular weight is 437 g/mol. The third-order valence-electron chi connectivity index (χ3n) is 3.64. The van der Waals surface area contributed by atoms with Crippen molar-refractivity contribution in [3.8, 4) is 0 Å². The van der Waals surface area contributed by atoms with E-state index in [1.165, 1.54) is 20.2 Å². The van der Waals surface area contributed by atoms with Gasteiger partial charge in [0.15, 0.2) is 0 Å². The maximum atomic E-state index is 12.4. The number of nitrogens with one attached hydrogen (secondary N) is 1. The van der Waals surface area contributed by atoms with E-state index in [1.807, 2.05) is 0 Å². The highest BCUT2D eigenvalue weighted by Crippen LogP contribution is 2.24. The molecular weight excluding hydrogens is 416 g/mol. The van der Waals surface area contributed by atoms with Crippen LogP contribution in [0.3, 0.4) is 0 Å². The van der Waals surface area contributed by atoms with Gasteiger partial charge in [0.1, 0.15) is 4.21 Å². The summed E-state index contributed by atoms with van der Waals surface area (Å²) >= 11 is 6.70. The monoisotopic (exact) mass is 436 g/mol. The van der Waals surface area contributed by atoms with E-state index in [-0.39, 0.29) is 15.6 Å². The van der Waals surface area contributed by atoms with Crippen LogP contribution in [0, 0.1) is 0 Å². The van der Waals surface area contributed by atoms with Crippen LogP contribution in [0.2, 0.25) is 0 Å². The smallest absolute Gasteiger partial charge is 0.207 e. The van der Waals surface area contributed by atoms with Crippen molar-refractivity contribution in [1.29, 1.82) is 0 Å². The molecule has 1 aromatic carbocycles. The number of sulfonamides is 2. The summed E-state index contributed by atoms with van der Waals surface area (Å²) in [5.41, 5.74) is 1.03. The van der Waals surface area contributed by atoms with Crippen molar-refractivity contribution in [3.63, 3.8) is 0 Å². The minimum absolute atomic E-state index is 0.0317. The standard InChI is InChI=1S/C16H21ClN2O4S3/c1-19(2)26(22,23)16-10-7-14(24-16)12-18-25(20,21)15-8-5-13(6-9-15)4-3-11-17/h5-10,18H,3-4,11-12H2,1-2H3. The molecular formula is C16H21ClN2O4S3. The normalized spacial score (nSPS) is 12.6. The topological polar surface area (TPSA) is 83.6 Å². The maximum Gasteiger partial charge on any atom is 0.252 e. The summed E-state index contributed by atoms with van der Waals surface area (Å²) in [5, 5.41) is 0. The van der Waals surface area contributed by atoms with E-state index in [0.717, 1.165) is 34.0 Å². The molecule has 2 aromatic rings. The van der Waals surface area contributed by atoms with Crippen LogP contribution in [0.4, 0.5) is 0 Å². The molecule has 1 aromatic heterocycles. The Balaban J connectivity index is 2.05. The zero-order chi connectivity index (χ0) is 19.4. The lowest BCUT2D eigenvalue weighted by Gasteiger charge is -2.08. The predicted octanol–water partition coefficient (Wildman–Crippen LogP) is 2.65. The molecule has 0 aliphatic rings. The van der Waals surface area contributed by atoms with Crippen molar-refractivity contribution in [3.05, 3.63) is 46.8 Å². The molecule has 0 atom stereocenters. The van der Waals surface area contributed by atoms with Gasteiger partial charge in [-0.25, -0.2) is 25.9 Å². The number of aryl methyl sites for hydroxylation is 1. The second-order valence-corrected chi connectivity index (χ2v) is 11.5. The number of halogens is 1. The van der Waals surface area contributed by atoms with Gasteiger partial charge in [0.2, 0.25) is 10.0 Å². The van der Waals surface area contributed by atoms with Crippen molar-refractivity contribution in [2.24, 2.45) is 0 Å². The molecule has 0 aliphatic carbocycles. The molecule has 0 radical (unpaired) electrons. The van der Waals surface area contributed by atoms with E-state index in [2.05, 4.69) is 4.72 Å². The molecule has 0 saturated heterocycles. The molecule has 144 valence electrons. The van der Waals surface area contributed by atoms with Crippen LogP contribution in [-0.2, 0) is 33.0 Å². The molecule has 0 unspecified atom stereocenters. The molecule has 1 N–H and O–H groups in total. The van der Waals surface area contributed by atoms with Gasteiger partial charge in [-0.1, -0.05) is 12.1 Å². The molecule has 0 fully saturated rings. The highest BCUT2D eigenvalue weighted by molar-refractivity contribution is 7.91. The summed E-state index contributed by atoms with van der Waals surface area (Å²) in [6, 6.07) is 9.75. The Bertz CT molecular complexity index is 936. The Morgan fingerprint density at radius 3 is 2.27 bits per heavy atom. The molecule has 1 heterocycles. The van der Waals surface area contributed by atoms with E-state index in [0.29, 0.717) is 10.8 Å². The van der Waals surface area contributed by atoms with Crippen LogP contribution >= 0.6 is 22.9 Å². The largest absolute Gasteiger partial charge is 0.252 e. The Hall–Kier alpha value is -0.970. The van der Waals surface area contributed by atoms with Gasteiger partial charge in [0, 0.05) is 31.4 Å². The van der Waals surface area contributed by atoms with Gasteiger partial charge in [-0.2, -0.15) is 0 Å². The average Bonchev–Trinajstić information content (AvgIpc) is 3.08. The SMILES string of the molecule is CN(C)S(=O)(=O)c1ccc(CNS(=O)(=O)c2ccc(CCCCl)cc2)s1. The zero-order valence-electron chi connectivity index (χ0n) is 14.5. The summed E-state index contributed by atoms with van der Waals surface area (Å²) in [6.07, 6.45) is 1.64. The Labute approximate surface area is 163 Å². The first kappa shape index (κ1) is 21.3. The first-order chi connectivity index (χ1) is 12.2. The Morgan fingerprint density at radius 2 is 1.69 bits per heavy atom. The number of rotatable bonds is 9. The Morgan fingerprint density at radius 1 is 1.04 bits per heavy atom. The fourth-order valence-electron chi connectivity index (χ4n) is 2.13. The van der Waals surface area contributed by atoms with Crippen LogP contribution in [0.1, 0.15) is 16.9 Å². The lowest BCUT2D eigenvalue weighted by Crippen LogP contribution is -2.23. The minimum atomic E-state index is -3.67. The second kappa shape index (κ2) is 8.81. The molecule has 0 amide bonds. The van der Waals surface area contributed by atoms with E-state index in [1.54, 1.807) is 30.3 Å². The lowest BCUT2D eigenvalue weighted by molar-refractivity contribution is 0.523. The summed E-state index contributed by atoms with van der Waals surface area (Å²) in [5.74, 6) is 0.563. The summed E-state index contributed by atoms with van der Waals surface area (Å²) in [6.45, 7) is 0.0317. The van der Waals surface area contributed by atoms with Crippen molar-refractivity contribution in [2.45, 2.75) is 28.5 Å². The van der Waals surface area contributed by atoms with E-state index >= 15 is 0 Å². The highest BCUT2D eigenvalue weighted by atomic mass is 35.5. The van der Waals surface area contributed by atoms with E-state index in [9.17, 15) is 16.8 Å². The van der Waals surface area contributed by atoms with E-state index < -0.39 is 20.0 Å². The zero-order valence-corrected chi connectivity index (χ0v) is 17.7. The number of hydrogen-bond donors (Lipinski definition) is 1. The molecule has 0 spiro atoms. The third-order valence-corrected chi connectivity index (χ3v) is 8.69. The fraction of sp³-hybridized carbons (Fsp3) is 0.375. The van der Waals surface area contributed by atoms with E-state index in [4.69, 9.17) is 11.6 Å². The fourth-order valence-corrected chi connectivity index (χ4v) is 5.82. The minimum Gasteiger partial charge on any atom is -0.207 e. The van der Waals surface area contributed by atoms with Gasteiger partial charge in [0.25, 0.3) is 10.0 Å². The van der Waals surface area contributed by atoms with Gasteiger partial charge in [-0.3, -0.25) is 0 Å². The van der Waals surface area contributed by atoms with Crippen LogP contribution in [0.15, 0.2) is 45.5 Å². The second-order valence-electron chi connectivity index (χ2n) is 5.77.